The minimum absolute atomic E-state index is 0.0928. The highest BCUT2D eigenvalue weighted by Crippen LogP contribution is 2.29. The second-order valence-electron chi connectivity index (χ2n) is 11.2. The molecule has 0 radical (unpaired) electrons. The maximum absolute atomic E-state index is 14.5. The molecule has 4 rings (SSSR count). The van der Waals surface area contributed by atoms with Gasteiger partial charge in [-0.3, -0.25) is 24.0 Å². The number of hydrogen-bond acceptors (Lipinski definition) is 6. The van der Waals surface area contributed by atoms with Crippen LogP contribution in [0.15, 0.2) is 108 Å². The molecule has 0 fully saturated rings. The normalized spacial score (nSPS) is 11.9. The summed E-state index contributed by atoms with van der Waals surface area (Å²) in [5, 5.41) is 15.2. The Labute approximate surface area is 284 Å². The zero-order chi connectivity index (χ0) is 34.1. The number of carbonyl (C=O) groups excluding carboxylic acids is 2. The fourth-order valence-corrected chi connectivity index (χ4v) is 6.72. The zero-order valence-electron chi connectivity index (χ0n) is 25.8. The van der Waals surface area contributed by atoms with E-state index in [2.05, 4.69) is 5.32 Å². The van der Waals surface area contributed by atoms with Crippen LogP contribution in [-0.4, -0.2) is 49.2 Å². The number of carbonyl (C=O) groups is 2. The van der Waals surface area contributed by atoms with E-state index in [9.17, 15) is 28.1 Å². The third-order valence-electron chi connectivity index (χ3n) is 7.25. The molecule has 2 amide bonds. The van der Waals surface area contributed by atoms with Crippen molar-refractivity contribution in [1.29, 1.82) is 0 Å². The first kappa shape index (κ1) is 35.4. The number of sulfonamides is 1. The second kappa shape index (κ2) is 15.9. The maximum atomic E-state index is 14.5. The largest absolute Gasteiger partial charge is 0.354 e. The van der Waals surface area contributed by atoms with Crippen LogP contribution in [0.2, 0.25) is 10.0 Å². The molecule has 0 aliphatic rings. The quantitative estimate of drug-likeness (QED) is 0.118. The summed E-state index contributed by atoms with van der Waals surface area (Å²) in [7, 11) is -4.42. The summed E-state index contributed by atoms with van der Waals surface area (Å²) in [5.41, 5.74) is 0.796. The van der Waals surface area contributed by atoms with E-state index in [4.69, 9.17) is 23.2 Å². The van der Waals surface area contributed by atoms with Crippen LogP contribution in [0, 0.1) is 16.0 Å². The van der Waals surface area contributed by atoms with E-state index in [0.717, 1.165) is 15.9 Å². The smallest absolute Gasteiger partial charge is 0.271 e. The number of nitro benzene ring substituents is 1. The molecule has 246 valence electrons. The van der Waals surface area contributed by atoms with Crippen LogP contribution in [0.3, 0.4) is 0 Å². The first-order valence-corrected chi connectivity index (χ1v) is 16.9. The van der Waals surface area contributed by atoms with Gasteiger partial charge in [-0.1, -0.05) is 97.7 Å². The molecule has 0 aliphatic carbocycles. The number of halogens is 2. The fourth-order valence-electron chi connectivity index (χ4n) is 4.82. The molecule has 1 atom stereocenters. The van der Waals surface area contributed by atoms with Gasteiger partial charge in [-0.05, 0) is 47.4 Å². The predicted molar refractivity (Wildman–Crippen MR) is 183 cm³/mol. The molecule has 0 unspecified atom stereocenters. The van der Waals surface area contributed by atoms with Crippen LogP contribution in [-0.2, 0) is 32.6 Å². The number of non-ortho nitro benzene ring substituents is 1. The lowest BCUT2D eigenvalue weighted by Crippen LogP contribution is -2.53. The van der Waals surface area contributed by atoms with Gasteiger partial charge in [-0.15, -0.1) is 0 Å². The Morgan fingerprint density at radius 2 is 1.55 bits per heavy atom. The second-order valence-corrected chi connectivity index (χ2v) is 13.9. The van der Waals surface area contributed by atoms with Gasteiger partial charge in [-0.25, -0.2) is 8.42 Å². The number of rotatable bonds is 14. The van der Waals surface area contributed by atoms with Gasteiger partial charge in [0.15, 0.2) is 0 Å². The predicted octanol–water partition coefficient (Wildman–Crippen LogP) is 6.51. The molecule has 10 nitrogen and oxygen atoms in total. The Balaban J connectivity index is 1.84. The van der Waals surface area contributed by atoms with Crippen LogP contribution in [0.1, 0.15) is 25.0 Å². The van der Waals surface area contributed by atoms with E-state index in [-0.39, 0.29) is 40.2 Å². The lowest BCUT2D eigenvalue weighted by atomic mass is 10.0. The number of anilines is 1. The molecule has 0 saturated heterocycles. The van der Waals surface area contributed by atoms with Gasteiger partial charge in [0, 0.05) is 41.7 Å². The molecule has 0 heterocycles. The topological polar surface area (TPSA) is 130 Å². The Hall–Kier alpha value is -4.45. The Morgan fingerprint density at radius 3 is 2.17 bits per heavy atom. The minimum Gasteiger partial charge on any atom is -0.354 e. The molecular weight excluding hydrogens is 663 g/mol. The number of benzene rings is 4. The Kier molecular flexibility index (Phi) is 12.0. The lowest BCUT2D eigenvalue weighted by Gasteiger charge is -2.34. The monoisotopic (exact) mass is 696 g/mol. The van der Waals surface area contributed by atoms with E-state index >= 15 is 0 Å². The third-order valence-corrected chi connectivity index (χ3v) is 9.63. The number of nitrogens with one attached hydrogen (secondary N) is 1. The highest BCUT2D eigenvalue weighted by Gasteiger charge is 2.35. The van der Waals surface area contributed by atoms with E-state index in [0.29, 0.717) is 17.1 Å². The molecule has 0 aliphatic heterocycles. The number of amides is 2. The number of nitrogens with zero attached hydrogens (tertiary/aromatic N) is 3. The molecule has 47 heavy (non-hydrogen) atoms. The molecule has 13 heteroatoms. The molecule has 4 aromatic rings. The first-order chi connectivity index (χ1) is 22.4. The summed E-state index contributed by atoms with van der Waals surface area (Å²) in [4.78, 5) is 40.5. The standard InChI is InChI=1S/C34H34Cl2N4O6S/c1-24(2)21-37-34(42)32(18-25-10-5-3-6-11-25)38(22-26-16-17-27(35)19-31(26)36)33(41)23-39(28-12-9-13-29(20-28)40(43)44)47(45,46)30-14-7-4-8-15-30/h3-17,19-20,24,32H,18,21-23H2,1-2H3,(H,37,42)/t32-/m0/s1. The number of nitro groups is 1. The van der Waals surface area contributed by atoms with Crippen molar-refractivity contribution in [2.75, 3.05) is 17.4 Å². The summed E-state index contributed by atoms with van der Waals surface area (Å²) in [6.07, 6.45) is 0.115. The molecule has 0 aromatic heterocycles. The van der Waals surface area contributed by atoms with Gasteiger partial charge in [0.25, 0.3) is 15.7 Å². The van der Waals surface area contributed by atoms with Gasteiger partial charge in [0.1, 0.15) is 12.6 Å². The van der Waals surface area contributed by atoms with Crippen molar-refractivity contribution in [2.45, 2.75) is 37.8 Å². The van der Waals surface area contributed by atoms with Gasteiger partial charge < -0.3 is 10.2 Å². The minimum atomic E-state index is -4.42. The summed E-state index contributed by atoms with van der Waals surface area (Å²) < 4.78 is 28.9. The van der Waals surface area contributed by atoms with Crippen LogP contribution in [0.5, 0.6) is 0 Å². The summed E-state index contributed by atoms with van der Waals surface area (Å²) in [5.74, 6) is -1.05. The molecular formula is C34H34Cl2N4O6S. The van der Waals surface area contributed by atoms with Gasteiger partial charge in [0.2, 0.25) is 11.8 Å². The van der Waals surface area contributed by atoms with E-state index in [1.807, 2.05) is 44.2 Å². The van der Waals surface area contributed by atoms with Crippen LogP contribution in [0.4, 0.5) is 11.4 Å². The van der Waals surface area contributed by atoms with Crippen LogP contribution >= 0.6 is 23.2 Å². The molecule has 1 N–H and O–H groups in total. The fraction of sp³-hybridized carbons (Fsp3) is 0.235. The Morgan fingerprint density at radius 1 is 0.894 bits per heavy atom. The summed E-state index contributed by atoms with van der Waals surface area (Å²) in [6.45, 7) is 3.29. The third kappa shape index (κ3) is 9.31. The lowest BCUT2D eigenvalue weighted by molar-refractivity contribution is -0.384. The van der Waals surface area contributed by atoms with Crippen molar-refractivity contribution >= 4 is 56.4 Å². The highest BCUT2D eigenvalue weighted by molar-refractivity contribution is 7.92. The average molecular weight is 698 g/mol. The van der Waals surface area contributed by atoms with Crippen molar-refractivity contribution in [3.05, 3.63) is 134 Å². The highest BCUT2D eigenvalue weighted by atomic mass is 35.5. The molecule has 4 aromatic carbocycles. The van der Waals surface area contributed by atoms with Crippen LogP contribution < -0.4 is 9.62 Å². The zero-order valence-corrected chi connectivity index (χ0v) is 28.1. The van der Waals surface area contributed by atoms with Crippen molar-refractivity contribution in [2.24, 2.45) is 5.92 Å². The average Bonchev–Trinajstić information content (AvgIpc) is 3.05. The van der Waals surface area contributed by atoms with Gasteiger partial charge in [0.05, 0.1) is 15.5 Å². The maximum Gasteiger partial charge on any atom is 0.271 e. The van der Waals surface area contributed by atoms with Crippen molar-refractivity contribution in [3.8, 4) is 0 Å². The van der Waals surface area contributed by atoms with E-state index in [1.54, 1.807) is 18.2 Å². The molecule has 0 bridgehead atoms. The summed E-state index contributed by atoms with van der Waals surface area (Å²) in [6, 6.07) is 25.3. The number of hydrogen-bond donors (Lipinski definition) is 1. The first-order valence-electron chi connectivity index (χ1n) is 14.7. The van der Waals surface area contributed by atoms with Crippen molar-refractivity contribution in [3.63, 3.8) is 0 Å². The summed E-state index contributed by atoms with van der Waals surface area (Å²) >= 11 is 12.7. The Bertz CT molecular complexity index is 1830. The van der Waals surface area contributed by atoms with Crippen molar-refractivity contribution in [1.82, 2.24) is 10.2 Å². The molecule has 0 saturated carbocycles. The van der Waals surface area contributed by atoms with E-state index < -0.39 is 39.3 Å². The van der Waals surface area contributed by atoms with Crippen molar-refractivity contribution < 1.29 is 22.9 Å². The van der Waals surface area contributed by atoms with Crippen LogP contribution in [0.25, 0.3) is 0 Å². The van der Waals surface area contributed by atoms with Gasteiger partial charge >= 0.3 is 0 Å². The SMILES string of the molecule is CC(C)CNC(=O)[C@H](Cc1ccccc1)N(Cc1ccc(Cl)cc1Cl)C(=O)CN(c1cccc([N+](=O)[O-])c1)S(=O)(=O)c1ccccc1. The van der Waals surface area contributed by atoms with Gasteiger partial charge in [-0.2, -0.15) is 0 Å². The van der Waals surface area contributed by atoms with E-state index in [1.165, 1.54) is 53.4 Å². The molecule has 0 spiro atoms.